The van der Waals surface area contributed by atoms with Crippen molar-refractivity contribution in [2.45, 2.75) is 19.6 Å². The number of nitrogens with two attached hydrogens (primary N) is 1. The number of benzene rings is 1. The molecule has 1 rings (SSSR count). The predicted molar refractivity (Wildman–Crippen MR) is 59.8 cm³/mol. The molecule has 2 nitrogen and oxygen atoms in total. The lowest BCUT2D eigenvalue weighted by molar-refractivity contribution is 0.558. The molecule has 0 aliphatic heterocycles. The Bertz CT molecular complexity index is 309. The molecule has 0 amide bonds. The lowest BCUT2D eigenvalue weighted by Crippen LogP contribution is -2.29. The summed E-state index contributed by atoms with van der Waals surface area (Å²) in [6.45, 7) is 6.33. The van der Waals surface area contributed by atoms with E-state index in [4.69, 9.17) is 21.8 Å². The molecule has 0 atom stereocenters. The van der Waals surface area contributed by atoms with Gasteiger partial charge >= 0.3 is 0 Å². The number of hydrogen-bond donors (Lipinski definition) is 1. The molecule has 1 aromatic rings. The first-order valence-corrected chi connectivity index (χ1v) is 7.91. The van der Waals surface area contributed by atoms with Gasteiger partial charge in [0.1, 0.15) is 5.75 Å². The molecule has 0 saturated heterocycles. The van der Waals surface area contributed by atoms with E-state index in [1.165, 1.54) is 0 Å². The van der Waals surface area contributed by atoms with Gasteiger partial charge in [-0.3, -0.25) is 0 Å². The van der Waals surface area contributed by atoms with Gasteiger partial charge in [0, 0.05) is 5.69 Å². The molecule has 0 fully saturated rings. The van der Waals surface area contributed by atoms with E-state index in [0.29, 0.717) is 10.7 Å². The van der Waals surface area contributed by atoms with Crippen LogP contribution in [0.1, 0.15) is 0 Å². The van der Waals surface area contributed by atoms with Crippen LogP contribution in [0.4, 0.5) is 5.69 Å². The molecule has 2 N–H and O–H groups in total. The van der Waals surface area contributed by atoms with E-state index in [2.05, 4.69) is 19.6 Å². The fourth-order valence-electron chi connectivity index (χ4n) is 0.930. The third kappa shape index (κ3) is 3.28. The summed E-state index contributed by atoms with van der Waals surface area (Å²) >= 11 is 5.95. The zero-order chi connectivity index (χ0) is 10.1. The van der Waals surface area contributed by atoms with Crippen molar-refractivity contribution in [2.24, 2.45) is 0 Å². The third-order valence-electron chi connectivity index (χ3n) is 1.37. The van der Waals surface area contributed by atoms with Crippen LogP contribution in [-0.2, 0) is 0 Å². The van der Waals surface area contributed by atoms with E-state index < -0.39 is 8.32 Å². The molecule has 0 bridgehead atoms. The molecule has 0 heterocycles. The minimum absolute atomic E-state index is 0.586. The van der Waals surface area contributed by atoms with Crippen LogP contribution in [0.3, 0.4) is 0 Å². The van der Waals surface area contributed by atoms with Gasteiger partial charge in [0.25, 0.3) is 0 Å². The molecule has 72 valence electrons. The van der Waals surface area contributed by atoms with Crippen molar-refractivity contribution in [3.05, 3.63) is 23.2 Å². The molecular formula is C9H14ClNOSi. The van der Waals surface area contributed by atoms with Gasteiger partial charge in [-0.1, -0.05) is 11.6 Å². The van der Waals surface area contributed by atoms with Crippen molar-refractivity contribution in [1.29, 1.82) is 0 Å². The van der Waals surface area contributed by atoms with Crippen molar-refractivity contribution in [1.82, 2.24) is 0 Å². The molecule has 0 spiro atoms. The van der Waals surface area contributed by atoms with Gasteiger partial charge in [-0.2, -0.15) is 0 Å². The van der Waals surface area contributed by atoms with Gasteiger partial charge in [0.05, 0.1) is 5.02 Å². The number of hydrogen-bond acceptors (Lipinski definition) is 2. The summed E-state index contributed by atoms with van der Waals surface area (Å²) in [7, 11) is -1.57. The third-order valence-corrected chi connectivity index (χ3v) is 2.50. The quantitative estimate of drug-likeness (QED) is 0.608. The Morgan fingerprint density at radius 3 is 2.38 bits per heavy atom. The summed E-state index contributed by atoms with van der Waals surface area (Å²) in [6.07, 6.45) is 0. The topological polar surface area (TPSA) is 35.2 Å². The summed E-state index contributed by atoms with van der Waals surface area (Å²) in [5, 5.41) is 0.586. The summed E-state index contributed by atoms with van der Waals surface area (Å²) in [6, 6.07) is 5.31. The number of anilines is 1. The molecule has 0 radical (unpaired) electrons. The number of rotatable bonds is 2. The Morgan fingerprint density at radius 2 is 1.92 bits per heavy atom. The molecule has 0 saturated carbocycles. The molecule has 0 aliphatic carbocycles. The zero-order valence-corrected chi connectivity index (χ0v) is 9.85. The smallest absolute Gasteiger partial charge is 0.242 e. The fraction of sp³-hybridized carbons (Fsp3) is 0.333. The summed E-state index contributed by atoms with van der Waals surface area (Å²) in [5.41, 5.74) is 6.22. The minimum atomic E-state index is -1.57. The van der Waals surface area contributed by atoms with E-state index >= 15 is 0 Å². The molecule has 0 aliphatic rings. The van der Waals surface area contributed by atoms with Crippen LogP contribution in [-0.4, -0.2) is 8.32 Å². The molecular weight excluding hydrogens is 202 g/mol. The highest BCUT2D eigenvalue weighted by molar-refractivity contribution is 6.70. The van der Waals surface area contributed by atoms with Gasteiger partial charge < -0.3 is 10.2 Å². The maximum absolute atomic E-state index is 5.95. The van der Waals surface area contributed by atoms with Gasteiger partial charge in [-0.05, 0) is 37.8 Å². The van der Waals surface area contributed by atoms with Crippen molar-refractivity contribution < 1.29 is 4.43 Å². The standard InChI is InChI=1S/C9H14ClNOSi/c1-13(2,3)12-9-5-4-7(11)6-8(9)10/h4-6H,11H2,1-3H3. The summed E-state index contributed by atoms with van der Waals surface area (Å²) in [5.74, 6) is 0.732. The number of nitrogen functional groups attached to an aromatic ring is 1. The first kappa shape index (κ1) is 10.4. The molecule has 4 heteroatoms. The molecule has 0 aromatic heterocycles. The van der Waals surface area contributed by atoms with Crippen molar-refractivity contribution >= 4 is 25.6 Å². The maximum Gasteiger partial charge on any atom is 0.242 e. The Hall–Kier alpha value is -0.673. The minimum Gasteiger partial charge on any atom is -0.543 e. The van der Waals surface area contributed by atoms with E-state index in [0.717, 1.165) is 5.75 Å². The van der Waals surface area contributed by atoms with Crippen LogP contribution in [0.15, 0.2) is 18.2 Å². The second-order valence-electron chi connectivity index (χ2n) is 3.90. The highest BCUT2D eigenvalue weighted by atomic mass is 35.5. The zero-order valence-electron chi connectivity index (χ0n) is 8.10. The largest absolute Gasteiger partial charge is 0.543 e. The Kier molecular flexibility index (Phi) is 2.88. The second-order valence-corrected chi connectivity index (χ2v) is 8.74. The van der Waals surface area contributed by atoms with E-state index in [-0.39, 0.29) is 0 Å². The molecule has 0 unspecified atom stereocenters. The van der Waals surface area contributed by atoms with Crippen LogP contribution in [0.2, 0.25) is 24.7 Å². The Balaban J connectivity index is 2.90. The Morgan fingerprint density at radius 1 is 1.31 bits per heavy atom. The summed E-state index contributed by atoms with van der Waals surface area (Å²) < 4.78 is 5.74. The van der Waals surface area contributed by atoms with E-state index in [1.807, 2.05) is 6.07 Å². The van der Waals surface area contributed by atoms with Crippen LogP contribution in [0.25, 0.3) is 0 Å². The Labute approximate surface area is 84.8 Å². The van der Waals surface area contributed by atoms with Gasteiger partial charge in [0.15, 0.2) is 0 Å². The lowest BCUT2D eigenvalue weighted by atomic mass is 10.3. The molecule has 13 heavy (non-hydrogen) atoms. The van der Waals surface area contributed by atoms with Crippen molar-refractivity contribution in [2.75, 3.05) is 5.73 Å². The van der Waals surface area contributed by atoms with Gasteiger partial charge in [-0.15, -0.1) is 0 Å². The van der Waals surface area contributed by atoms with Crippen molar-refractivity contribution in [3.8, 4) is 5.75 Å². The van der Waals surface area contributed by atoms with Crippen LogP contribution < -0.4 is 10.2 Å². The average Bonchev–Trinajstić information content (AvgIpc) is 1.93. The monoisotopic (exact) mass is 215 g/mol. The van der Waals surface area contributed by atoms with Gasteiger partial charge in [0.2, 0.25) is 8.32 Å². The van der Waals surface area contributed by atoms with E-state index in [1.54, 1.807) is 12.1 Å². The van der Waals surface area contributed by atoms with Crippen LogP contribution in [0, 0.1) is 0 Å². The maximum atomic E-state index is 5.95. The van der Waals surface area contributed by atoms with Crippen molar-refractivity contribution in [3.63, 3.8) is 0 Å². The number of halogens is 1. The highest BCUT2D eigenvalue weighted by Crippen LogP contribution is 2.28. The average molecular weight is 216 g/mol. The predicted octanol–water partition coefficient (Wildman–Crippen LogP) is 3.14. The molecule has 1 aromatic carbocycles. The fourth-order valence-corrected chi connectivity index (χ4v) is 2.06. The van der Waals surface area contributed by atoms with Crippen LogP contribution in [0.5, 0.6) is 5.75 Å². The summed E-state index contributed by atoms with van der Waals surface area (Å²) in [4.78, 5) is 0. The first-order valence-electron chi connectivity index (χ1n) is 4.12. The SMILES string of the molecule is C[Si](C)(C)Oc1ccc(N)cc1Cl. The highest BCUT2D eigenvalue weighted by Gasteiger charge is 2.17. The van der Waals surface area contributed by atoms with Gasteiger partial charge in [-0.25, -0.2) is 0 Å². The normalized spacial score (nSPS) is 11.4. The lowest BCUT2D eigenvalue weighted by Gasteiger charge is -2.20. The van der Waals surface area contributed by atoms with E-state index in [9.17, 15) is 0 Å². The first-order chi connectivity index (χ1) is 5.88. The van der Waals surface area contributed by atoms with Crippen LogP contribution >= 0.6 is 11.6 Å². The second kappa shape index (κ2) is 3.60.